The van der Waals surface area contributed by atoms with Crippen LogP contribution in [0.4, 0.5) is 21.8 Å². The van der Waals surface area contributed by atoms with E-state index in [-0.39, 0.29) is 17.4 Å². The number of pyridine rings is 1. The minimum Gasteiger partial charge on any atom is -0.368 e. The molecule has 2 aromatic carbocycles. The van der Waals surface area contributed by atoms with E-state index in [2.05, 4.69) is 25.6 Å². The van der Waals surface area contributed by atoms with Crippen molar-refractivity contribution in [2.24, 2.45) is 0 Å². The third-order valence-corrected chi connectivity index (χ3v) is 6.73. The Balaban J connectivity index is 1.58. The first-order chi connectivity index (χ1) is 20.2. The molecule has 42 heavy (non-hydrogen) atoms. The Morgan fingerprint density at radius 3 is 2.57 bits per heavy atom. The molecule has 0 bridgehead atoms. The first kappa shape index (κ1) is 28.1. The average Bonchev–Trinajstić information content (AvgIpc) is 2.96. The van der Waals surface area contributed by atoms with Gasteiger partial charge in [-0.05, 0) is 74.4 Å². The molecular weight excluding hydrogens is 535 g/mol. The van der Waals surface area contributed by atoms with E-state index in [4.69, 9.17) is 10.7 Å². The summed E-state index contributed by atoms with van der Waals surface area (Å²) < 4.78 is 15.3. The van der Waals surface area contributed by atoms with Crippen molar-refractivity contribution in [1.29, 1.82) is 0 Å². The maximum absolute atomic E-state index is 13.9. The average molecular weight is 565 g/mol. The maximum atomic E-state index is 13.9. The van der Waals surface area contributed by atoms with E-state index < -0.39 is 11.9 Å². The van der Waals surface area contributed by atoms with E-state index in [0.29, 0.717) is 51.6 Å². The summed E-state index contributed by atoms with van der Waals surface area (Å²) in [6.07, 6.45) is 6.62. The number of fused-ring (bicyclic) bond motifs is 1. The molecule has 212 valence electrons. The number of hydrogen-bond acceptors (Lipinski definition) is 8. The molecule has 4 N–H and O–H groups in total. The van der Waals surface area contributed by atoms with Crippen LogP contribution in [0.2, 0.25) is 0 Å². The molecule has 5 aromatic rings. The minimum absolute atomic E-state index is 0.0415. The number of nitrogen functional groups attached to an aromatic ring is 1. The Bertz CT molecular complexity index is 1850. The molecule has 0 fully saturated rings. The number of nitrogens with zero attached hydrogens (tertiary/aromatic N) is 5. The number of anilines is 3. The van der Waals surface area contributed by atoms with E-state index in [1.165, 1.54) is 22.8 Å². The summed E-state index contributed by atoms with van der Waals surface area (Å²) >= 11 is 0. The predicted molar refractivity (Wildman–Crippen MR) is 162 cm³/mol. The van der Waals surface area contributed by atoms with Gasteiger partial charge in [-0.15, -0.1) is 0 Å². The normalized spacial score (nSPS) is 12.0. The standard InChI is InChI=1S/C31H29FN8O2/c1-4-24(29-38-25-9-5-7-18(2)27(25)30(42)40(29)22-12-10-20(32)11-13-22)37-28-23(19(3)35-31(33)39-28)14-15-26(41)36-21-8-6-16-34-17-21/h5-17,24H,4H2,1-3H3,(H,36,41)(H3,33,35,37,39). The first-order valence-corrected chi connectivity index (χ1v) is 13.3. The van der Waals surface area contributed by atoms with Crippen LogP contribution in [-0.4, -0.2) is 30.4 Å². The lowest BCUT2D eigenvalue weighted by Crippen LogP contribution is -2.29. The molecule has 5 rings (SSSR count). The molecule has 10 nitrogen and oxygen atoms in total. The highest BCUT2D eigenvalue weighted by Gasteiger charge is 2.23. The molecule has 11 heteroatoms. The van der Waals surface area contributed by atoms with E-state index in [1.54, 1.807) is 55.7 Å². The lowest BCUT2D eigenvalue weighted by Gasteiger charge is -2.23. The van der Waals surface area contributed by atoms with E-state index >= 15 is 0 Å². The van der Waals surface area contributed by atoms with Crippen molar-refractivity contribution in [2.75, 3.05) is 16.4 Å². The van der Waals surface area contributed by atoms with Crippen molar-refractivity contribution in [1.82, 2.24) is 24.5 Å². The summed E-state index contributed by atoms with van der Waals surface area (Å²) in [5, 5.41) is 6.60. The number of carbonyl (C=O) groups is 1. The number of nitrogens with two attached hydrogens (primary N) is 1. The van der Waals surface area contributed by atoms with Gasteiger partial charge in [0.15, 0.2) is 0 Å². The summed E-state index contributed by atoms with van der Waals surface area (Å²) in [5.74, 6) is 0.0287. The van der Waals surface area contributed by atoms with Crippen LogP contribution in [0.3, 0.4) is 0 Å². The molecule has 3 aromatic heterocycles. The van der Waals surface area contributed by atoms with Crippen molar-refractivity contribution in [3.8, 4) is 5.69 Å². The highest BCUT2D eigenvalue weighted by atomic mass is 19.1. The van der Waals surface area contributed by atoms with Crippen LogP contribution < -0.4 is 21.9 Å². The van der Waals surface area contributed by atoms with Gasteiger partial charge in [0.2, 0.25) is 11.9 Å². The number of nitrogens with one attached hydrogen (secondary N) is 2. The molecule has 0 aliphatic carbocycles. The molecule has 0 aliphatic rings. The van der Waals surface area contributed by atoms with Gasteiger partial charge in [-0.3, -0.25) is 19.1 Å². The third kappa shape index (κ3) is 5.85. The number of rotatable bonds is 8. The largest absolute Gasteiger partial charge is 0.368 e. The number of halogens is 1. The van der Waals surface area contributed by atoms with E-state index in [9.17, 15) is 14.0 Å². The first-order valence-electron chi connectivity index (χ1n) is 13.3. The summed E-state index contributed by atoms with van der Waals surface area (Å²) in [4.78, 5) is 44.1. The summed E-state index contributed by atoms with van der Waals surface area (Å²) in [7, 11) is 0. The Morgan fingerprint density at radius 2 is 1.86 bits per heavy atom. The number of hydrogen-bond donors (Lipinski definition) is 3. The summed E-state index contributed by atoms with van der Waals surface area (Å²) in [6, 6.07) is 14.1. The number of carbonyl (C=O) groups excluding carboxylic acids is 1. The van der Waals surface area contributed by atoms with Gasteiger partial charge < -0.3 is 16.4 Å². The molecule has 1 atom stereocenters. The van der Waals surface area contributed by atoms with Gasteiger partial charge in [0, 0.05) is 17.8 Å². The molecule has 0 saturated carbocycles. The summed E-state index contributed by atoms with van der Waals surface area (Å²) in [5.41, 5.74) is 9.17. The van der Waals surface area contributed by atoms with Gasteiger partial charge in [-0.1, -0.05) is 19.1 Å². The molecule has 0 radical (unpaired) electrons. The zero-order valence-electron chi connectivity index (χ0n) is 23.3. The number of aromatic nitrogens is 5. The second-order valence-corrected chi connectivity index (χ2v) is 9.65. The zero-order chi connectivity index (χ0) is 29.8. The Morgan fingerprint density at radius 1 is 1.07 bits per heavy atom. The molecule has 1 amide bonds. The summed E-state index contributed by atoms with van der Waals surface area (Å²) in [6.45, 7) is 5.55. The SMILES string of the molecule is CCC(Nc1nc(N)nc(C)c1C=CC(=O)Nc1cccnc1)c1nc2cccc(C)c2c(=O)n1-c1ccc(F)cc1. The van der Waals surface area contributed by atoms with Crippen molar-refractivity contribution in [2.45, 2.75) is 33.2 Å². The molecule has 0 aliphatic heterocycles. The van der Waals surface area contributed by atoms with Crippen LogP contribution >= 0.6 is 0 Å². The van der Waals surface area contributed by atoms with Crippen LogP contribution in [0.5, 0.6) is 0 Å². The van der Waals surface area contributed by atoms with Crippen molar-refractivity contribution in [3.05, 3.63) is 112 Å². The van der Waals surface area contributed by atoms with Crippen LogP contribution in [-0.2, 0) is 4.79 Å². The highest BCUT2D eigenvalue weighted by molar-refractivity contribution is 6.02. The quantitative estimate of drug-likeness (QED) is 0.221. The Labute approximate surface area is 241 Å². The van der Waals surface area contributed by atoms with Gasteiger partial charge in [0.05, 0.1) is 40.2 Å². The second-order valence-electron chi connectivity index (χ2n) is 9.65. The predicted octanol–water partition coefficient (Wildman–Crippen LogP) is 5.12. The molecule has 1 unspecified atom stereocenters. The zero-order valence-corrected chi connectivity index (χ0v) is 23.3. The minimum atomic E-state index is -0.530. The smallest absolute Gasteiger partial charge is 0.266 e. The fourth-order valence-electron chi connectivity index (χ4n) is 4.69. The van der Waals surface area contributed by atoms with Gasteiger partial charge in [0.25, 0.3) is 5.56 Å². The molecular formula is C31H29FN8O2. The van der Waals surface area contributed by atoms with Gasteiger partial charge in [0.1, 0.15) is 17.5 Å². The van der Waals surface area contributed by atoms with Crippen LogP contribution in [0.25, 0.3) is 22.7 Å². The van der Waals surface area contributed by atoms with Gasteiger partial charge in [-0.2, -0.15) is 4.98 Å². The highest BCUT2D eigenvalue weighted by Crippen LogP contribution is 2.28. The fourth-order valence-corrected chi connectivity index (χ4v) is 4.69. The second kappa shape index (κ2) is 12.0. The lowest BCUT2D eigenvalue weighted by molar-refractivity contribution is -0.111. The Kier molecular flexibility index (Phi) is 8.00. The third-order valence-electron chi connectivity index (χ3n) is 6.73. The van der Waals surface area contributed by atoms with Crippen molar-refractivity contribution >= 4 is 40.3 Å². The van der Waals surface area contributed by atoms with Crippen LogP contribution in [0, 0.1) is 19.7 Å². The van der Waals surface area contributed by atoms with E-state index in [1.807, 2.05) is 26.0 Å². The monoisotopic (exact) mass is 564 g/mol. The maximum Gasteiger partial charge on any atom is 0.266 e. The Hall–Kier alpha value is -5.45. The van der Waals surface area contributed by atoms with E-state index in [0.717, 1.165) is 5.56 Å². The van der Waals surface area contributed by atoms with Crippen LogP contribution in [0.15, 0.2) is 77.9 Å². The van der Waals surface area contributed by atoms with Gasteiger partial charge >= 0.3 is 0 Å². The molecule has 0 saturated heterocycles. The van der Waals surface area contributed by atoms with Crippen molar-refractivity contribution < 1.29 is 9.18 Å². The number of benzene rings is 2. The van der Waals surface area contributed by atoms with Crippen LogP contribution in [0.1, 0.15) is 42.0 Å². The fraction of sp³-hybridized carbons (Fsp3) is 0.161. The lowest BCUT2D eigenvalue weighted by atomic mass is 10.1. The van der Waals surface area contributed by atoms with Crippen molar-refractivity contribution in [3.63, 3.8) is 0 Å². The molecule has 0 spiro atoms. The topological polar surface area (TPSA) is 141 Å². The number of amides is 1. The number of aryl methyl sites for hydroxylation is 2. The van der Waals surface area contributed by atoms with Gasteiger partial charge in [-0.25, -0.2) is 14.4 Å². The molecule has 3 heterocycles.